The number of rotatable bonds is 7. The summed E-state index contributed by atoms with van der Waals surface area (Å²) < 4.78 is 10.7. The zero-order valence-corrected chi connectivity index (χ0v) is 14.9. The molecule has 1 unspecified atom stereocenters. The van der Waals surface area contributed by atoms with Crippen molar-refractivity contribution in [3.63, 3.8) is 0 Å². The maximum absolute atomic E-state index is 12.5. The van der Waals surface area contributed by atoms with Crippen LogP contribution in [0.5, 0.6) is 0 Å². The van der Waals surface area contributed by atoms with Gasteiger partial charge >= 0.3 is 11.9 Å². The molecule has 0 bridgehead atoms. The first-order valence-electron chi connectivity index (χ1n) is 8.45. The van der Waals surface area contributed by atoms with Gasteiger partial charge in [-0.1, -0.05) is 51.7 Å². The minimum absolute atomic E-state index is 0.214. The minimum atomic E-state index is -0.546. The highest BCUT2D eigenvalue weighted by Crippen LogP contribution is 2.15. The molecule has 0 fully saturated rings. The molecule has 0 radical (unpaired) electrons. The van der Waals surface area contributed by atoms with Gasteiger partial charge in [0, 0.05) is 6.42 Å². The third-order valence-corrected chi connectivity index (χ3v) is 3.18. The van der Waals surface area contributed by atoms with Gasteiger partial charge in [0.05, 0.1) is 17.7 Å². The molecule has 24 heavy (non-hydrogen) atoms. The summed E-state index contributed by atoms with van der Waals surface area (Å²) in [5, 5.41) is 0. The van der Waals surface area contributed by atoms with Gasteiger partial charge in [-0.2, -0.15) is 0 Å². The highest BCUT2D eigenvalue weighted by molar-refractivity contribution is 6.03. The third-order valence-electron chi connectivity index (χ3n) is 3.18. The lowest BCUT2D eigenvalue weighted by molar-refractivity contribution is 0.0361. The van der Waals surface area contributed by atoms with E-state index in [9.17, 15) is 9.59 Å². The predicted molar refractivity (Wildman–Crippen MR) is 93.7 cm³/mol. The van der Waals surface area contributed by atoms with Gasteiger partial charge in [-0.3, -0.25) is 0 Å². The number of esters is 2. The topological polar surface area (TPSA) is 52.6 Å². The molecule has 0 aliphatic carbocycles. The first-order chi connectivity index (χ1) is 11.5. The number of hydrogen-bond acceptors (Lipinski definition) is 4. The molecule has 1 atom stereocenters. The van der Waals surface area contributed by atoms with Crippen molar-refractivity contribution >= 4 is 11.9 Å². The van der Waals surface area contributed by atoms with Crippen LogP contribution in [0.3, 0.4) is 0 Å². The molecule has 4 heteroatoms. The van der Waals surface area contributed by atoms with Crippen LogP contribution in [0.15, 0.2) is 24.3 Å². The summed E-state index contributed by atoms with van der Waals surface area (Å²) in [6.45, 7) is 8.27. The Morgan fingerprint density at radius 1 is 1.08 bits per heavy atom. The molecule has 0 aromatic heterocycles. The molecule has 1 aromatic rings. The van der Waals surface area contributed by atoms with E-state index >= 15 is 0 Å². The highest BCUT2D eigenvalue weighted by atomic mass is 16.5. The van der Waals surface area contributed by atoms with Gasteiger partial charge < -0.3 is 9.47 Å². The standard InChI is InChI=1S/C20H26O4/c1-5-7-10-16(14-15(3)4)24-20(22)18-12-9-8-11-17(18)19(21)23-13-6-2/h8-9,11-12,15-16H,5-6,13-14H2,1-4H3. The van der Waals surface area contributed by atoms with Gasteiger partial charge in [0.15, 0.2) is 6.10 Å². The van der Waals surface area contributed by atoms with Crippen LogP contribution in [0.1, 0.15) is 67.7 Å². The molecule has 0 aliphatic rings. The first kappa shape index (κ1) is 19.8. The van der Waals surface area contributed by atoms with Crippen LogP contribution in [0.4, 0.5) is 0 Å². The van der Waals surface area contributed by atoms with Gasteiger partial charge in [0.25, 0.3) is 0 Å². The second-order valence-electron chi connectivity index (χ2n) is 5.88. The van der Waals surface area contributed by atoms with E-state index in [1.165, 1.54) is 0 Å². The quantitative estimate of drug-likeness (QED) is 0.554. The molecule has 1 aromatic carbocycles. The molecule has 130 valence electrons. The largest absolute Gasteiger partial charge is 0.462 e. The van der Waals surface area contributed by atoms with Crippen molar-refractivity contribution in [1.82, 2.24) is 0 Å². The van der Waals surface area contributed by atoms with Gasteiger partial charge in [-0.05, 0) is 30.9 Å². The molecule has 0 N–H and O–H groups in total. The first-order valence-corrected chi connectivity index (χ1v) is 8.45. The second-order valence-corrected chi connectivity index (χ2v) is 5.88. The molecular weight excluding hydrogens is 304 g/mol. The molecule has 4 nitrogen and oxygen atoms in total. The Bertz CT molecular complexity index is 608. The van der Waals surface area contributed by atoms with Crippen LogP contribution in [-0.2, 0) is 9.47 Å². The van der Waals surface area contributed by atoms with E-state index in [0.717, 1.165) is 6.42 Å². The summed E-state index contributed by atoms with van der Waals surface area (Å²) in [4.78, 5) is 24.6. The van der Waals surface area contributed by atoms with Crippen LogP contribution in [-0.4, -0.2) is 24.6 Å². The Hall–Kier alpha value is -2.28. The van der Waals surface area contributed by atoms with E-state index in [1.54, 1.807) is 24.3 Å². The lowest BCUT2D eigenvalue weighted by atomic mass is 10.1. The lowest BCUT2D eigenvalue weighted by Gasteiger charge is -2.16. The monoisotopic (exact) mass is 330 g/mol. The fourth-order valence-corrected chi connectivity index (χ4v) is 2.08. The SMILES string of the molecule is CCC#CC(CC(C)C)OC(=O)c1ccccc1C(=O)OCCC. The van der Waals surface area contributed by atoms with Crippen molar-refractivity contribution in [2.24, 2.45) is 5.92 Å². The van der Waals surface area contributed by atoms with Gasteiger partial charge in [0.1, 0.15) is 0 Å². The number of ether oxygens (including phenoxy) is 2. The van der Waals surface area contributed by atoms with E-state index in [0.29, 0.717) is 25.4 Å². The molecule has 1 rings (SSSR count). The van der Waals surface area contributed by atoms with Crippen molar-refractivity contribution in [3.05, 3.63) is 35.4 Å². The second kappa shape index (κ2) is 10.5. The highest BCUT2D eigenvalue weighted by Gasteiger charge is 2.21. The Morgan fingerprint density at radius 2 is 1.71 bits per heavy atom. The van der Waals surface area contributed by atoms with E-state index in [4.69, 9.17) is 9.47 Å². The summed E-state index contributed by atoms with van der Waals surface area (Å²) in [5.74, 6) is 5.22. The molecule has 0 aliphatic heterocycles. The summed E-state index contributed by atoms with van der Waals surface area (Å²) in [6.07, 6.45) is 1.60. The van der Waals surface area contributed by atoms with Crippen molar-refractivity contribution in [2.75, 3.05) is 6.61 Å². The zero-order valence-electron chi connectivity index (χ0n) is 14.9. The van der Waals surface area contributed by atoms with E-state index < -0.39 is 18.0 Å². The van der Waals surface area contributed by atoms with E-state index in [1.807, 2.05) is 27.7 Å². The zero-order chi connectivity index (χ0) is 17.9. The third kappa shape index (κ3) is 6.45. The summed E-state index contributed by atoms with van der Waals surface area (Å²) >= 11 is 0. The minimum Gasteiger partial charge on any atom is -0.462 e. The van der Waals surface area contributed by atoms with Crippen molar-refractivity contribution < 1.29 is 19.1 Å². The number of benzene rings is 1. The number of carbonyl (C=O) groups excluding carboxylic acids is 2. The summed E-state index contributed by atoms with van der Waals surface area (Å²) in [7, 11) is 0. The van der Waals surface area contributed by atoms with E-state index in [-0.39, 0.29) is 11.1 Å². The molecule has 0 saturated heterocycles. The Kier molecular flexibility index (Phi) is 8.64. The van der Waals surface area contributed by atoms with Crippen molar-refractivity contribution in [2.45, 2.75) is 53.1 Å². The number of hydrogen-bond donors (Lipinski definition) is 0. The van der Waals surface area contributed by atoms with Crippen LogP contribution in [0.2, 0.25) is 0 Å². The molecule has 0 spiro atoms. The molecule has 0 heterocycles. The molecular formula is C20H26O4. The van der Waals surface area contributed by atoms with Crippen LogP contribution in [0, 0.1) is 17.8 Å². The van der Waals surface area contributed by atoms with Gasteiger partial charge in [-0.15, -0.1) is 0 Å². The molecule has 0 saturated carbocycles. The lowest BCUT2D eigenvalue weighted by Crippen LogP contribution is -2.21. The van der Waals surface area contributed by atoms with Crippen LogP contribution < -0.4 is 0 Å². The summed E-state index contributed by atoms with van der Waals surface area (Å²) in [6, 6.07) is 6.54. The van der Waals surface area contributed by atoms with Crippen LogP contribution >= 0.6 is 0 Å². The fraction of sp³-hybridized carbons (Fsp3) is 0.500. The maximum atomic E-state index is 12.5. The average molecular weight is 330 g/mol. The predicted octanol–water partition coefficient (Wildman–Crippen LogP) is 4.24. The Balaban J connectivity index is 2.95. The van der Waals surface area contributed by atoms with Crippen LogP contribution in [0.25, 0.3) is 0 Å². The molecule has 0 amide bonds. The maximum Gasteiger partial charge on any atom is 0.340 e. The Morgan fingerprint density at radius 3 is 2.25 bits per heavy atom. The number of carbonyl (C=O) groups is 2. The van der Waals surface area contributed by atoms with E-state index in [2.05, 4.69) is 11.8 Å². The van der Waals surface area contributed by atoms with Crippen molar-refractivity contribution in [1.29, 1.82) is 0 Å². The van der Waals surface area contributed by atoms with Gasteiger partial charge in [0.2, 0.25) is 0 Å². The fourth-order valence-electron chi connectivity index (χ4n) is 2.08. The average Bonchev–Trinajstić information content (AvgIpc) is 2.56. The summed E-state index contributed by atoms with van der Waals surface area (Å²) in [5.41, 5.74) is 0.438. The Labute approximate surface area is 144 Å². The van der Waals surface area contributed by atoms with Gasteiger partial charge in [-0.25, -0.2) is 9.59 Å². The normalized spacial score (nSPS) is 11.4. The smallest absolute Gasteiger partial charge is 0.340 e. The van der Waals surface area contributed by atoms with Crippen molar-refractivity contribution in [3.8, 4) is 11.8 Å².